The van der Waals surface area contributed by atoms with Crippen LogP contribution in [0.1, 0.15) is 15.9 Å². The highest BCUT2D eigenvalue weighted by atomic mass is 16.3. The van der Waals surface area contributed by atoms with Crippen LogP contribution in [-0.2, 0) is 6.42 Å². The van der Waals surface area contributed by atoms with Gasteiger partial charge < -0.3 is 10.8 Å². The summed E-state index contributed by atoms with van der Waals surface area (Å²) >= 11 is 0. The third kappa shape index (κ3) is 2.84. The summed E-state index contributed by atoms with van der Waals surface area (Å²) in [7, 11) is 0. The second-order valence-corrected chi connectivity index (χ2v) is 3.89. The van der Waals surface area contributed by atoms with Crippen LogP contribution < -0.4 is 5.73 Å². The van der Waals surface area contributed by atoms with Crippen molar-refractivity contribution in [1.82, 2.24) is 0 Å². The van der Waals surface area contributed by atoms with Crippen LogP contribution in [-0.4, -0.2) is 10.9 Å². The SMILES string of the molecule is Nc1cccc(C(=O)Cc2ccc(O)cc2)c1. The first-order chi connectivity index (χ1) is 8.15. The van der Waals surface area contributed by atoms with Crippen molar-refractivity contribution in [1.29, 1.82) is 0 Å². The monoisotopic (exact) mass is 227 g/mol. The molecule has 0 saturated carbocycles. The summed E-state index contributed by atoms with van der Waals surface area (Å²) in [6.45, 7) is 0. The Morgan fingerprint density at radius 2 is 1.82 bits per heavy atom. The molecule has 3 heteroatoms. The predicted octanol–water partition coefficient (Wildman–Crippen LogP) is 2.40. The first-order valence-electron chi connectivity index (χ1n) is 5.32. The molecule has 0 bridgehead atoms. The topological polar surface area (TPSA) is 63.3 Å². The highest BCUT2D eigenvalue weighted by Gasteiger charge is 2.07. The molecule has 0 spiro atoms. The molecule has 3 nitrogen and oxygen atoms in total. The molecule has 17 heavy (non-hydrogen) atoms. The van der Waals surface area contributed by atoms with E-state index in [0.717, 1.165) is 5.56 Å². The molecule has 2 aromatic rings. The van der Waals surface area contributed by atoms with Gasteiger partial charge in [0.1, 0.15) is 5.75 Å². The number of ketones is 1. The highest BCUT2D eigenvalue weighted by Crippen LogP contribution is 2.13. The fourth-order valence-electron chi connectivity index (χ4n) is 1.61. The Balaban J connectivity index is 2.14. The molecule has 0 radical (unpaired) electrons. The smallest absolute Gasteiger partial charge is 0.167 e. The largest absolute Gasteiger partial charge is 0.508 e. The van der Waals surface area contributed by atoms with Gasteiger partial charge in [-0.15, -0.1) is 0 Å². The zero-order valence-corrected chi connectivity index (χ0v) is 9.26. The molecule has 0 aromatic heterocycles. The first-order valence-corrected chi connectivity index (χ1v) is 5.32. The lowest BCUT2D eigenvalue weighted by molar-refractivity contribution is 0.0993. The van der Waals surface area contributed by atoms with Gasteiger partial charge in [0, 0.05) is 17.7 Å². The van der Waals surface area contributed by atoms with E-state index in [1.807, 2.05) is 0 Å². The number of nitrogens with two attached hydrogens (primary N) is 1. The minimum Gasteiger partial charge on any atom is -0.508 e. The average molecular weight is 227 g/mol. The van der Waals surface area contributed by atoms with Gasteiger partial charge in [0.05, 0.1) is 0 Å². The van der Waals surface area contributed by atoms with E-state index in [4.69, 9.17) is 10.8 Å². The van der Waals surface area contributed by atoms with Gasteiger partial charge in [-0.3, -0.25) is 4.79 Å². The Kier molecular flexibility index (Phi) is 3.10. The molecule has 0 unspecified atom stereocenters. The van der Waals surface area contributed by atoms with Gasteiger partial charge in [-0.2, -0.15) is 0 Å². The van der Waals surface area contributed by atoms with E-state index in [2.05, 4.69) is 0 Å². The van der Waals surface area contributed by atoms with Crippen LogP contribution in [0.4, 0.5) is 5.69 Å². The Bertz CT molecular complexity index is 532. The third-order valence-corrected chi connectivity index (χ3v) is 2.51. The van der Waals surface area contributed by atoms with Gasteiger partial charge in [0.25, 0.3) is 0 Å². The van der Waals surface area contributed by atoms with Crippen LogP contribution in [0.3, 0.4) is 0 Å². The molecule has 0 aliphatic rings. The number of carbonyl (C=O) groups is 1. The molecular formula is C14H13NO2. The third-order valence-electron chi connectivity index (χ3n) is 2.51. The number of phenols is 1. The molecule has 0 aliphatic heterocycles. The molecule has 3 N–H and O–H groups in total. The maximum Gasteiger partial charge on any atom is 0.167 e. The zero-order valence-electron chi connectivity index (χ0n) is 9.26. The second-order valence-electron chi connectivity index (χ2n) is 3.89. The lowest BCUT2D eigenvalue weighted by Gasteiger charge is -2.02. The van der Waals surface area contributed by atoms with E-state index < -0.39 is 0 Å². The van der Waals surface area contributed by atoms with Gasteiger partial charge >= 0.3 is 0 Å². The Morgan fingerprint density at radius 3 is 2.47 bits per heavy atom. The van der Waals surface area contributed by atoms with E-state index in [1.165, 1.54) is 0 Å². The summed E-state index contributed by atoms with van der Waals surface area (Å²) in [6, 6.07) is 13.5. The Hall–Kier alpha value is -2.29. The van der Waals surface area contributed by atoms with E-state index in [1.54, 1.807) is 48.5 Å². The summed E-state index contributed by atoms with van der Waals surface area (Å²) in [5, 5.41) is 9.14. The van der Waals surface area contributed by atoms with Crippen LogP contribution in [0.15, 0.2) is 48.5 Å². The fraction of sp³-hybridized carbons (Fsp3) is 0.0714. The molecule has 86 valence electrons. The van der Waals surface area contributed by atoms with E-state index in [9.17, 15) is 4.79 Å². The fourth-order valence-corrected chi connectivity index (χ4v) is 1.61. The van der Waals surface area contributed by atoms with Gasteiger partial charge in [-0.1, -0.05) is 24.3 Å². The molecule has 0 atom stereocenters. The van der Waals surface area contributed by atoms with Crippen molar-refractivity contribution >= 4 is 11.5 Å². The lowest BCUT2D eigenvalue weighted by atomic mass is 10.0. The molecule has 2 rings (SSSR count). The number of anilines is 1. The summed E-state index contributed by atoms with van der Waals surface area (Å²) in [4.78, 5) is 11.9. The van der Waals surface area contributed by atoms with Crippen LogP contribution in [0, 0.1) is 0 Å². The first kappa shape index (κ1) is 11.2. The molecule has 0 aliphatic carbocycles. The number of benzene rings is 2. The van der Waals surface area contributed by atoms with Crippen LogP contribution >= 0.6 is 0 Å². The minimum atomic E-state index is 0.0167. The predicted molar refractivity (Wildman–Crippen MR) is 67.0 cm³/mol. The number of carbonyl (C=O) groups excluding carboxylic acids is 1. The van der Waals surface area contributed by atoms with Crippen molar-refractivity contribution in [2.45, 2.75) is 6.42 Å². The quantitative estimate of drug-likeness (QED) is 0.625. The van der Waals surface area contributed by atoms with Crippen molar-refractivity contribution in [3.8, 4) is 5.75 Å². The van der Waals surface area contributed by atoms with Gasteiger partial charge in [0.15, 0.2) is 5.78 Å². The number of aromatic hydroxyl groups is 1. The normalized spacial score (nSPS) is 10.1. The maximum absolute atomic E-state index is 11.9. The molecule has 0 heterocycles. The van der Waals surface area contributed by atoms with Gasteiger partial charge in [-0.05, 0) is 29.8 Å². The van der Waals surface area contributed by atoms with Gasteiger partial charge in [0.2, 0.25) is 0 Å². The number of hydrogen-bond acceptors (Lipinski definition) is 3. The van der Waals surface area contributed by atoms with Crippen molar-refractivity contribution in [3.63, 3.8) is 0 Å². The number of nitrogen functional groups attached to an aromatic ring is 1. The summed E-state index contributed by atoms with van der Waals surface area (Å²) in [5.74, 6) is 0.216. The number of rotatable bonds is 3. The molecule has 0 fully saturated rings. The van der Waals surface area contributed by atoms with Crippen molar-refractivity contribution in [2.75, 3.05) is 5.73 Å². The van der Waals surface area contributed by atoms with Crippen LogP contribution in [0.2, 0.25) is 0 Å². The summed E-state index contributed by atoms with van der Waals surface area (Å²) in [5.41, 5.74) is 7.69. The molecular weight excluding hydrogens is 214 g/mol. The van der Waals surface area contributed by atoms with Crippen LogP contribution in [0.5, 0.6) is 5.75 Å². The lowest BCUT2D eigenvalue weighted by Crippen LogP contribution is -2.03. The number of hydrogen-bond donors (Lipinski definition) is 2. The highest BCUT2D eigenvalue weighted by molar-refractivity contribution is 5.98. The van der Waals surface area contributed by atoms with E-state index >= 15 is 0 Å². The number of Topliss-reactive ketones (excluding diaryl/α,β-unsaturated/α-hetero) is 1. The summed E-state index contributed by atoms with van der Waals surface area (Å²) < 4.78 is 0. The van der Waals surface area contributed by atoms with E-state index in [-0.39, 0.29) is 11.5 Å². The van der Waals surface area contributed by atoms with Crippen molar-refractivity contribution in [3.05, 3.63) is 59.7 Å². The molecule has 2 aromatic carbocycles. The molecule has 0 saturated heterocycles. The van der Waals surface area contributed by atoms with Gasteiger partial charge in [-0.25, -0.2) is 0 Å². The minimum absolute atomic E-state index is 0.0167. The Labute approximate surface area is 99.5 Å². The second kappa shape index (κ2) is 4.70. The zero-order chi connectivity index (χ0) is 12.3. The summed E-state index contributed by atoms with van der Waals surface area (Å²) in [6.07, 6.45) is 0.309. The standard InChI is InChI=1S/C14H13NO2/c15-12-3-1-2-11(9-12)14(17)8-10-4-6-13(16)7-5-10/h1-7,9,16H,8,15H2. The Morgan fingerprint density at radius 1 is 1.12 bits per heavy atom. The maximum atomic E-state index is 11.9. The number of phenolic OH excluding ortho intramolecular Hbond substituents is 1. The van der Waals surface area contributed by atoms with Crippen molar-refractivity contribution < 1.29 is 9.90 Å². The van der Waals surface area contributed by atoms with Crippen LogP contribution in [0.25, 0.3) is 0 Å². The van der Waals surface area contributed by atoms with Crippen molar-refractivity contribution in [2.24, 2.45) is 0 Å². The molecule has 0 amide bonds. The van der Waals surface area contributed by atoms with E-state index in [0.29, 0.717) is 17.7 Å². The average Bonchev–Trinajstić information content (AvgIpc) is 2.32.